The van der Waals surface area contributed by atoms with Crippen molar-refractivity contribution in [3.63, 3.8) is 0 Å². The predicted octanol–water partition coefficient (Wildman–Crippen LogP) is 3.06. The van der Waals surface area contributed by atoms with E-state index in [0.717, 1.165) is 46.1 Å². The molecular formula is C23H28N6O2S. The lowest BCUT2D eigenvalue weighted by molar-refractivity contribution is 0.332. The third-order valence-corrected chi connectivity index (χ3v) is 7.25. The number of amidine groups is 1. The van der Waals surface area contributed by atoms with Gasteiger partial charge in [0, 0.05) is 60.9 Å². The SMILES string of the molecule is CNc1ccc(-c2cc(NC3CCN(S(C)(=O)=O)CC3)c3cnccc3c2)cc1C(=N)N. The fourth-order valence-corrected chi connectivity index (χ4v) is 5.08. The van der Waals surface area contributed by atoms with Crippen molar-refractivity contribution in [2.75, 3.05) is 37.0 Å². The zero-order chi connectivity index (χ0) is 22.9. The number of piperidine rings is 1. The van der Waals surface area contributed by atoms with E-state index < -0.39 is 10.0 Å². The van der Waals surface area contributed by atoms with Crippen LogP contribution in [0.3, 0.4) is 0 Å². The van der Waals surface area contributed by atoms with Crippen molar-refractivity contribution in [2.24, 2.45) is 5.73 Å². The molecule has 0 unspecified atom stereocenters. The standard InChI is InChI=1S/C23H28N6O2S/c1-26-21-4-3-15(12-19(21)23(24)25)17-11-16-5-8-27-14-20(16)22(13-17)28-18-6-9-29(10-7-18)32(2,30)31/h3-5,8,11-14,18,26,28H,6-7,9-10H2,1-2H3,(H3,24,25). The maximum Gasteiger partial charge on any atom is 0.211 e. The van der Waals surface area contributed by atoms with Gasteiger partial charge in [-0.05, 0) is 59.7 Å². The molecule has 0 atom stereocenters. The summed E-state index contributed by atoms with van der Waals surface area (Å²) in [5, 5.41) is 16.7. The molecule has 0 aliphatic carbocycles. The van der Waals surface area contributed by atoms with Crippen LogP contribution >= 0.6 is 0 Å². The first-order chi connectivity index (χ1) is 15.3. The summed E-state index contributed by atoms with van der Waals surface area (Å²) in [5.74, 6) is 0.0113. The van der Waals surface area contributed by atoms with Gasteiger partial charge in [0.2, 0.25) is 10.0 Å². The van der Waals surface area contributed by atoms with Gasteiger partial charge in [0.1, 0.15) is 5.84 Å². The average molecular weight is 453 g/mol. The number of sulfonamides is 1. The van der Waals surface area contributed by atoms with Crippen molar-refractivity contribution < 1.29 is 8.42 Å². The molecule has 0 spiro atoms. The molecule has 168 valence electrons. The Balaban J connectivity index is 1.69. The quantitative estimate of drug-likeness (QED) is 0.337. The van der Waals surface area contributed by atoms with Crippen LogP contribution in [0.15, 0.2) is 48.8 Å². The van der Waals surface area contributed by atoms with Gasteiger partial charge >= 0.3 is 0 Å². The van der Waals surface area contributed by atoms with Gasteiger partial charge in [-0.3, -0.25) is 10.4 Å². The highest BCUT2D eigenvalue weighted by Crippen LogP contribution is 2.33. The minimum absolute atomic E-state index is 0.0113. The van der Waals surface area contributed by atoms with E-state index in [0.29, 0.717) is 18.7 Å². The van der Waals surface area contributed by atoms with E-state index in [2.05, 4.69) is 27.8 Å². The Labute approximate surface area is 188 Å². The molecule has 1 fully saturated rings. The van der Waals surface area contributed by atoms with E-state index in [4.69, 9.17) is 11.1 Å². The molecule has 0 saturated carbocycles. The number of nitrogens with one attached hydrogen (secondary N) is 3. The molecule has 0 amide bonds. The summed E-state index contributed by atoms with van der Waals surface area (Å²) < 4.78 is 25.2. The Hall–Kier alpha value is -3.17. The van der Waals surface area contributed by atoms with E-state index in [1.807, 2.05) is 37.5 Å². The summed E-state index contributed by atoms with van der Waals surface area (Å²) in [4.78, 5) is 4.29. The normalized spacial score (nSPS) is 15.6. The van der Waals surface area contributed by atoms with Crippen LogP contribution in [-0.4, -0.2) is 56.0 Å². The Morgan fingerprint density at radius 2 is 1.88 bits per heavy atom. The predicted molar refractivity (Wildman–Crippen MR) is 131 cm³/mol. The summed E-state index contributed by atoms with van der Waals surface area (Å²) in [6.07, 6.45) is 6.36. The highest BCUT2D eigenvalue weighted by Gasteiger charge is 2.25. The Kier molecular flexibility index (Phi) is 6.03. The van der Waals surface area contributed by atoms with Crippen LogP contribution in [0.25, 0.3) is 21.9 Å². The fourth-order valence-electron chi connectivity index (χ4n) is 4.20. The molecular weight excluding hydrogens is 424 g/mol. The Morgan fingerprint density at radius 1 is 1.12 bits per heavy atom. The van der Waals surface area contributed by atoms with Crippen molar-refractivity contribution in [2.45, 2.75) is 18.9 Å². The molecule has 1 saturated heterocycles. The monoisotopic (exact) mass is 452 g/mol. The molecule has 1 aliphatic rings. The Bertz CT molecular complexity index is 1270. The Morgan fingerprint density at radius 3 is 2.53 bits per heavy atom. The molecule has 32 heavy (non-hydrogen) atoms. The molecule has 2 aromatic carbocycles. The molecule has 3 aromatic rings. The van der Waals surface area contributed by atoms with Gasteiger partial charge in [-0.15, -0.1) is 0 Å². The third-order valence-electron chi connectivity index (χ3n) is 5.95. The number of pyridine rings is 1. The summed E-state index contributed by atoms with van der Waals surface area (Å²) in [6, 6.07) is 12.2. The minimum atomic E-state index is -3.15. The molecule has 0 radical (unpaired) electrons. The van der Waals surface area contributed by atoms with Crippen LogP contribution in [-0.2, 0) is 10.0 Å². The summed E-state index contributed by atoms with van der Waals surface area (Å²) in [5.41, 5.74) is 10.2. The summed E-state index contributed by atoms with van der Waals surface area (Å²) >= 11 is 0. The number of nitrogens with zero attached hydrogens (tertiary/aromatic N) is 2. The first kappa shape index (κ1) is 22.0. The van der Waals surface area contributed by atoms with Crippen molar-refractivity contribution in [1.29, 1.82) is 5.41 Å². The van der Waals surface area contributed by atoms with E-state index in [1.165, 1.54) is 10.6 Å². The van der Waals surface area contributed by atoms with Crippen LogP contribution in [0, 0.1) is 5.41 Å². The molecule has 9 heteroatoms. The van der Waals surface area contributed by atoms with Crippen molar-refractivity contribution >= 4 is 38.0 Å². The second-order valence-corrected chi connectivity index (χ2v) is 10.1. The number of rotatable bonds is 6. The number of hydrogen-bond donors (Lipinski definition) is 4. The molecule has 8 nitrogen and oxygen atoms in total. The maximum absolute atomic E-state index is 11.8. The number of nitrogens with two attached hydrogens (primary N) is 1. The number of anilines is 2. The number of hydrogen-bond acceptors (Lipinski definition) is 6. The average Bonchev–Trinajstić information content (AvgIpc) is 2.78. The lowest BCUT2D eigenvalue weighted by Crippen LogP contribution is -2.41. The van der Waals surface area contributed by atoms with Crippen LogP contribution in [0.4, 0.5) is 11.4 Å². The van der Waals surface area contributed by atoms with E-state index in [9.17, 15) is 8.42 Å². The van der Waals surface area contributed by atoms with Gasteiger partial charge in [0.05, 0.1) is 6.26 Å². The number of nitrogen functional groups attached to an aromatic ring is 1. The highest BCUT2D eigenvalue weighted by atomic mass is 32.2. The number of aromatic nitrogens is 1. The van der Waals surface area contributed by atoms with Crippen LogP contribution in [0.5, 0.6) is 0 Å². The van der Waals surface area contributed by atoms with Gasteiger partial charge in [-0.2, -0.15) is 0 Å². The van der Waals surface area contributed by atoms with Gasteiger partial charge in [0.15, 0.2) is 0 Å². The van der Waals surface area contributed by atoms with E-state index >= 15 is 0 Å². The zero-order valence-electron chi connectivity index (χ0n) is 18.2. The smallest absolute Gasteiger partial charge is 0.211 e. The molecule has 1 aliphatic heterocycles. The summed E-state index contributed by atoms with van der Waals surface area (Å²) in [6.45, 7) is 1.03. The van der Waals surface area contributed by atoms with Crippen molar-refractivity contribution in [3.8, 4) is 11.1 Å². The van der Waals surface area contributed by atoms with Crippen LogP contribution in [0.1, 0.15) is 18.4 Å². The maximum atomic E-state index is 11.8. The van der Waals surface area contributed by atoms with Crippen LogP contribution < -0.4 is 16.4 Å². The molecule has 4 rings (SSSR count). The van der Waals surface area contributed by atoms with Gasteiger partial charge in [0.25, 0.3) is 0 Å². The van der Waals surface area contributed by atoms with Crippen molar-refractivity contribution in [3.05, 3.63) is 54.4 Å². The molecule has 0 bridgehead atoms. The second-order valence-electron chi connectivity index (χ2n) is 8.13. The molecule has 2 heterocycles. The van der Waals surface area contributed by atoms with E-state index in [1.54, 1.807) is 6.20 Å². The number of benzene rings is 2. The molecule has 1 aromatic heterocycles. The topological polar surface area (TPSA) is 124 Å². The number of fused-ring (bicyclic) bond motifs is 1. The fraction of sp³-hybridized carbons (Fsp3) is 0.304. The van der Waals surface area contributed by atoms with Crippen LogP contribution in [0.2, 0.25) is 0 Å². The van der Waals surface area contributed by atoms with Gasteiger partial charge < -0.3 is 16.4 Å². The summed E-state index contributed by atoms with van der Waals surface area (Å²) in [7, 11) is -1.35. The van der Waals surface area contributed by atoms with E-state index in [-0.39, 0.29) is 11.9 Å². The largest absolute Gasteiger partial charge is 0.388 e. The lowest BCUT2D eigenvalue weighted by atomic mass is 9.97. The first-order valence-corrected chi connectivity index (χ1v) is 12.4. The minimum Gasteiger partial charge on any atom is -0.388 e. The van der Waals surface area contributed by atoms with Crippen molar-refractivity contribution in [1.82, 2.24) is 9.29 Å². The third kappa shape index (κ3) is 4.53. The molecule has 5 N–H and O–H groups in total. The zero-order valence-corrected chi connectivity index (χ0v) is 19.0. The first-order valence-electron chi connectivity index (χ1n) is 10.5. The highest BCUT2D eigenvalue weighted by molar-refractivity contribution is 7.88. The van der Waals surface area contributed by atoms with Gasteiger partial charge in [-0.25, -0.2) is 12.7 Å². The van der Waals surface area contributed by atoms with Gasteiger partial charge in [-0.1, -0.05) is 6.07 Å². The second kappa shape index (κ2) is 8.76. The lowest BCUT2D eigenvalue weighted by Gasteiger charge is -2.31.